The van der Waals surface area contributed by atoms with Crippen molar-refractivity contribution >= 4 is 23.4 Å². The Morgan fingerprint density at radius 3 is 2.54 bits per heavy atom. The van der Waals surface area contributed by atoms with Gasteiger partial charge in [-0.3, -0.25) is 4.79 Å². The zero-order chi connectivity index (χ0) is 17.7. The minimum Gasteiger partial charge on any atom is -0.497 e. The summed E-state index contributed by atoms with van der Waals surface area (Å²) in [6.07, 6.45) is -4.33. The van der Waals surface area contributed by atoms with Crippen LogP contribution in [0.2, 0.25) is 0 Å². The molecule has 2 aromatic carbocycles. The molecule has 0 bridgehead atoms. The number of nitrogens with one attached hydrogen (secondary N) is 1. The van der Waals surface area contributed by atoms with Crippen LogP contribution < -0.4 is 10.1 Å². The Balaban J connectivity index is 2.17. The lowest BCUT2D eigenvalue weighted by atomic mass is 10.2. The van der Waals surface area contributed by atoms with E-state index in [0.717, 1.165) is 6.07 Å². The summed E-state index contributed by atoms with van der Waals surface area (Å²) in [7, 11) is 1.36. The second-order valence-corrected chi connectivity index (χ2v) is 5.72. The zero-order valence-corrected chi connectivity index (χ0v) is 13.3. The first-order valence-corrected chi connectivity index (χ1v) is 7.72. The number of amides is 1. The number of methoxy groups -OCH3 is 1. The van der Waals surface area contributed by atoms with Crippen LogP contribution in [0.4, 0.5) is 23.2 Å². The number of para-hydroxylation sites is 1. The second kappa shape index (κ2) is 7.57. The standard InChI is InChI=1S/C16H13F4NO2S/c1-23-10-6-7-11(12(17)8-10)15(22)21-13-4-2-3-5-14(13)24-9-16(18,19)20/h2-8H,9H2,1H3,(H,21,22). The first-order chi connectivity index (χ1) is 11.3. The molecule has 3 nitrogen and oxygen atoms in total. The predicted octanol–water partition coefficient (Wildman–Crippen LogP) is 4.74. The fourth-order valence-electron chi connectivity index (χ4n) is 1.85. The molecule has 0 aliphatic heterocycles. The van der Waals surface area contributed by atoms with Gasteiger partial charge in [0.25, 0.3) is 5.91 Å². The maximum Gasteiger partial charge on any atom is 0.398 e. The molecule has 0 spiro atoms. The van der Waals surface area contributed by atoms with Gasteiger partial charge in [-0.25, -0.2) is 4.39 Å². The van der Waals surface area contributed by atoms with Gasteiger partial charge in [-0.05, 0) is 24.3 Å². The molecule has 0 aliphatic rings. The SMILES string of the molecule is COc1ccc(C(=O)Nc2ccccc2SCC(F)(F)F)c(F)c1. The Kier molecular flexibility index (Phi) is 5.71. The number of halogens is 4. The molecule has 0 saturated heterocycles. The molecule has 8 heteroatoms. The molecule has 0 heterocycles. The van der Waals surface area contributed by atoms with E-state index >= 15 is 0 Å². The van der Waals surface area contributed by atoms with Crippen molar-refractivity contribution in [2.45, 2.75) is 11.1 Å². The van der Waals surface area contributed by atoms with Crippen LogP contribution in [0.25, 0.3) is 0 Å². The maximum atomic E-state index is 13.9. The van der Waals surface area contributed by atoms with E-state index in [0.29, 0.717) is 11.8 Å². The molecule has 0 unspecified atom stereocenters. The normalized spacial score (nSPS) is 11.2. The van der Waals surface area contributed by atoms with E-state index in [-0.39, 0.29) is 21.9 Å². The van der Waals surface area contributed by atoms with Crippen LogP contribution in [0.1, 0.15) is 10.4 Å². The molecule has 2 rings (SSSR count). The van der Waals surface area contributed by atoms with E-state index < -0.39 is 23.7 Å². The third-order valence-corrected chi connectivity index (χ3v) is 4.09. The second-order valence-electron chi connectivity index (χ2n) is 4.70. The number of carbonyl (C=O) groups excluding carboxylic acids is 1. The van der Waals surface area contributed by atoms with E-state index in [4.69, 9.17) is 4.74 Å². The number of carbonyl (C=O) groups is 1. The number of hydrogen-bond donors (Lipinski definition) is 1. The van der Waals surface area contributed by atoms with E-state index in [1.807, 2.05) is 0 Å². The number of rotatable bonds is 5. The van der Waals surface area contributed by atoms with Crippen LogP contribution in [-0.2, 0) is 0 Å². The van der Waals surface area contributed by atoms with Crippen molar-refractivity contribution in [2.24, 2.45) is 0 Å². The highest BCUT2D eigenvalue weighted by Gasteiger charge is 2.27. The van der Waals surface area contributed by atoms with Gasteiger partial charge in [0.1, 0.15) is 11.6 Å². The summed E-state index contributed by atoms with van der Waals surface area (Å²) in [6.45, 7) is 0. The van der Waals surface area contributed by atoms with E-state index in [2.05, 4.69) is 5.32 Å². The highest BCUT2D eigenvalue weighted by Crippen LogP contribution is 2.32. The van der Waals surface area contributed by atoms with Crippen molar-refractivity contribution in [1.29, 1.82) is 0 Å². The minimum atomic E-state index is -4.33. The molecule has 0 fully saturated rings. The molecule has 2 aromatic rings. The molecular formula is C16H13F4NO2S. The van der Waals surface area contributed by atoms with E-state index in [1.165, 1.54) is 31.4 Å². The van der Waals surface area contributed by atoms with Gasteiger partial charge >= 0.3 is 6.18 Å². The van der Waals surface area contributed by atoms with Crippen molar-refractivity contribution in [3.8, 4) is 5.75 Å². The molecule has 0 atom stereocenters. The third-order valence-electron chi connectivity index (χ3n) is 2.95. The molecule has 128 valence electrons. The molecule has 0 radical (unpaired) electrons. The molecule has 1 N–H and O–H groups in total. The van der Waals surface area contributed by atoms with Gasteiger partial charge in [0.05, 0.1) is 24.1 Å². The van der Waals surface area contributed by atoms with Crippen molar-refractivity contribution < 1.29 is 27.1 Å². The zero-order valence-electron chi connectivity index (χ0n) is 12.5. The number of hydrogen-bond acceptors (Lipinski definition) is 3. The predicted molar refractivity (Wildman–Crippen MR) is 84.1 cm³/mol. The number of benzene rings is 2. The summed E-state index contributed by atoms with van der Waals surface area (Å²) >= 11 is 0.548. The molecule has 0 aromatic heterocycles. The first-order valence-electron chi connectivity index (χ1n) is 6.73. The lowest BCUT2D eigenvalue weighted by Crippen LogP contribution is -2.15. The van der Waals surface area contributed by atoms with Crippen molar-refractivity contribution in [1.82, 2.24) is 0 Å². The monoisotopic (exact) mass is 359 g/mol. The molecule has 0 saturated carbocycles. The van der Waals surface area contributed by atoms with Gasteiger partial charge in [-0.2, -0.15) is 13.2 Å². The Labute approximate surface area is 140 Å². The van der Waals surface area contributed by atoms with Crippen LogP contribution in [0.15, 0.2) is 47.4 Å². The van der Waals surface area contributed by atoms with Crippen molar-refractivity contribution in [2.75, 3.05) is 18.2 Å². The molecular weight excluding hydrogens is 346 g/mol. The van der Waals surface area contributed by atoms with Crippen LogP contribution in [-0.4, -0.2) is 24.9 Å². The Bertz CT molecular complexity index is 734. The number of alkyl halides is 3. The van der Waals surface area contributed by atoms with Gasteiger partial charge in [-0.15, -0.1) is 11.8 Å². The largest absolute Gasteiger partial charge is 0.497 e. The lowest BCUT2D eigenvalue weighted by Gasteiger charge is -2.12. The van der Waals surface area contributed by atoms with Crippen LogP contribution in [0, 0.1) is 5.82 Å². The topological polar surface area (TPSA) is 38.3 Å². The van der Waals surface area contributed by atoms with Crippen molar-refractivity contribution in [3.63, 3.8) is 0 Å². The molecule has 24 heavy (non-hydrogen) atoms. The summed E-state index contributed by atoms with van der Waals surface area (Å²) in [4.78, 5) is 12.4. The fourth-order valence-corrected chi connectivity index (χ4v) is 2.62. The maximum absolute atomic E-state index is 13.9. The van der Waals surface area contributed by atoms with Gasteiger partial charge in [0, 0.05) is 11.0 Å². The van der Waals surface area contributed by atoms with Crippen molar-refractivity contribution in [3.05, 3.63) is 53.8 Å². The summed E-state index contributed by atoms with van der Waals surface area (Å²) in [6, 6.07) is 9.75. The quantitative estimate of drug-likeness (QED) is 0.619. The van der Waals surface area contributed by atoms with Gasteiger partial charge in [-0.1, -0.05) is 12.1 Å². The Morgan fingerprint density at radius 2 is 1.92 bits per heavy atom. The van der Waals surface area contributed by atoms with Gasteiger partial charge in [0.15, 0.2) is 0 Å². The average molecular weight is 359 g/mol. The summed E-state index contributed by atoms with van der Waals surface area (Å²) in [5, 5.41) is 2.43. The summed E-state index contributed by atoms with van der Waals surface area (Å²) in [5.41, 5.74) is -0.0432. The average Bonchev–Trinajstić information content (AvgIpc) is 2.53. The van der Waals surface area contributed by atoms with E-state index in [9.17, 15) is 22.4 Å². The highest BCUT2D eigenvalue weighted by atomic mass is 32.2. The molecule has 0 aliphatic carbocycles. The number of ether oxygens (including phenoxy) is 1. The smallest absolute Gasteiger partial charge is 0.398 e. The minimum absolute atomic E-state index is 0.187. The van der Waals surface area contributed by atoms with Crippen LogP contribution >= 0.6 is 11.8 Å². The Hall–Kier alpha value is -2.22. The van der Waals surface area contributed by atoms with Gasteiger partial charge in [0.2, 0.25) is 0 Å². The Morgan fingerprint density at radius 1 is 1.21 bits per heavy atom. The van der Waals surface area contributed by atoms with E-state index in [1.54, 1.807) is 12.1 Å². The van der Waals surface area contributed by atoms with Crippen LogP contribution in [0.3, 0.4) is 0 Å². The number of anilines is 1. The first kappa shape index (κ1) is 18.1. The number of thioether (sulfide) groups is 1. The summed E-state index contributed by atoms with van der Waals surface area (Å²) < 4.78 is 55.8. The summed E-state index contributed by atoms with van der Waals surface area (Å²) in [5.74, 6) is -2.37. The van der Waals surface area contributed by atoms with Gasteiger partial charge < -0.3 is 10.1 Å². The fraction of sp³-hybridized carbons (Fsp3) is 0.188. The highest BCUT2D eigenvalue weighted by molar-refractivity contribution is 7.99. The molecule has 1 amide bonds. The third kappa shape index (κ3) is 4.89. The van der Waals surface area contributed by atoms with Crippen LogP contribution in [0.5, 0.6) is 5.75 Å². The lowest BCUT2D eigenvalue weighted by molar-refractivity contribution is -0.105.